The molecule has 0 atom stereocenters. The third-order valence-electron chi connectivity index (χ3n) is 4.30. The van der Waals surface area contributed by atoms with Gasteiger partial charge in [0.2, 0.25) is 0 Å². The number of carbonyl (C=O) groups excluding carboxylic acids is 2. The Kier molecular flexibility index (Phi) is 6.75. The van der Waals surface area contributed by atoms with Gasteiger partial charge in [-0.25, -0.2) is 0 Å². The third-order valence-corrected chi connectivity index (χ3v) is 4.69. The van der Waals surface area contributed by atoms with Crippen LogP contribution in [0.2, 0.25) is 0 Å². The summed E-state index contributed by atoms with van der Waals surface area (Å²) in [6, 6.07) is 5.79. The summed E-state index contributed by atoms with van der Waals surface area (Å²) in [5, 5.41) is 2.78. The quantitative estimate of drug-likeness (QED) is 0.808. The molecule has 1 aromatic rings. The molecule has 0 aromatic heterocycles. The van der Waals surface area contributed by atoms with Gasteiger partial charge in [0.1, 0.15) is 5.75 Å². The Morgan fingerprint density at radius 2 is 1.96 bits per heavy atom. The molecule has 2 rings (SSSR count). The molecule has 1 aliphatic heterocycles. The fraction of sp³-hybridized carbons (Fsp3) is 0.529. The van der Waals surface area contributed by atoms with Crippen molar-refractivity contribution in [3.8, 4) is 5.75 Å². The molecule has 132 valence electrons. The van der Waals surface area contributed by atoms with Crippen LogP contribution in [0.5, 0.6) is 5.75 Å². The van der Waals surface area contributed by atoms with Crippen LogP contribution < -0.4 is 10.1 Å². The highest BCUT2D eigenvalue weighted by atomic mass is 35.5. The van der Waals surface area contributed by atoms with Gasteiger partial charge in [-0.05, 0) is 43.9 Å². The maximum atomic E-state index is 12.3. The first kappa shape index (κ1) is 18.9. The molecule has 0 spiro atoms. The van der Waals surface area contributed by atoms with Gasteiger partial charge in [-0.15, -0.1) is 0 Å². The van der Waals surface area contributed by atoms with E-state index in [0.29, 0.717) is 25.9 Å². The summed E-state index contributed by atoms with van der Waals surface area (Å²) in [6.45, 7) is 5.16. The maximum absolute atomic E-state index is 12.3. The van der Waals surface area contributed by atoms with Crippen molar-refractivity contribution in [3.63, 3.8) is 0 Å². The second-order valence-electron chi connectivity index (χ2n) is 5.95. The summed E-state index contributed by atoms with van der Waals surface area (Å²) in [5.41, 5.74) is 2.18. The van der Waals surface area contributed by atoms with E-state index in [1.54, 1.807) is 4.90 Å². The van der Waals surface area contributed by atoms with Crippen LogP contribution in [-0.4, -0.2) is 47.3 Å². The van der Waals surface area contributed by atoms with Gasteiger partial charge in [-0.2, -0.15) is 0 Å². The van der Waals surface area contributed by atoms with Gasteiger partial charge in [0, 0.05) is 19.1 Å². The van der Waals surface area contributed by atoms with E-state index in [2.05, 4.69) is 5.32 Å². The van der Waals surface area contributed by atoms with Crippen LogP contribution in [0.3, 0.4) is 0 Å². The number of aryl methyl sites for hydroxylation is 1. The predicted octanol–water partition coefficient (Wildman–Crippen LogP) is 2.59. The topological polar surface area (TPSA) is 58.6 Å². The lowest BCUT2D eigenvalue weighted by atomic mass is 10.1. The first-order valence-corrected chi connectivity index (χ1v) is 8.81. The molecule has 1 heterocycles. The second kappa shape index (κ2) is 8.58. The van der Waals surface area contributed by atoms with E-state index in [4.69, 9.17) is 27.9 Å². The predicted molar refractivity (Wildman–Crippen MR) is 94.6 cm³/mol. The zero-order chi connectivity index (χ0) is 17.7. The normalized spacial score (nSPS) is 15.5. The minimum atomic E-state index is -1.06. The van der Waals surface area contributed by atoms with Crippen molar-refractivity contribution in [2.45, 2.75) is 37.6 Å². The van der Waals surface area contributed by atoms with E-state index in [1.165, 1.54) is 0 Å². The number of amides is 2. The van der Waals surface area contributed by atoms with Crippen LogP contribution in [-0.2, 0) is 9.59 Å². The Bertz CT molecular complexity index is 599. The van der Waals surface area contributed by atoms with Crippen LogP contribution in [0.15, 0.2) is 18.2 Å². The lowest BCUT2D eigenvalue weighted by molar-refractivity contribution is -0.134. The van der Waals surface area contributed by atoms with E-state index in [-0.39, 0.29) is 24.5 Å². The highest BCUT2D eigenvalue weighted by Crippen LogP contribution is 2.21. The number of likely N-dealkylation sites (tertiary alicyclic amines) is 1. The molecule has 1 saturated heterocycles. The summed E-state index contributed by atoms with van der Waals surface area (Å²) in [6.07, 6.45) is 1.36. The fourth-order valence-electron chi connectivity index (χ4n) is 2.65. The maximum Gasteiger partial charge on any atom is 0.260 e. The number of benzene rings is 1. The number of nitrogens with one attached hydrogen (secondary N) is 1. The number of carbonyl (C=O) groups is 2. The van der Waals surface area contributed by atoms with Crippen molar-refractivity contribution in [1.29, 1.82) is 0 Å². The highest BCUT2D eigenvalue weighted by molar-refractivity contribution is 6.53. The summed E-state index contributed by atoms with van der Waals surface area (Å²) >= 11 is 11.0. The lowest BCUT2D eigenvalue weighted by Crippen LogP contribution is -2.48. The minimum Gasteiger partial charge on any atom is -0.483 e. The van der Waals surface area contributed by atoms with Crippen LogP contribution in [0.4, 0.5) is 0 Å². The fourth-order valence-corrected chi connectivity index (χ4v) is 2.77. The van der Waals surface area contributed by atoms with Crippen molar-refractivity contribution in [1.82, 2.24) is 10.2 Å². The molecule has 24 heavy (non-hydrogen) atoms. The number of ether oxygens (including phenoxy) is 1. The van der Waals surface area contributed by atoms with Crippen molar-refractivity contribution in [2.24, 2.45) is 0 Å². The van der Waals surface area contributed by atoms with Crippen LogP contribution >= 0.6 is 23.2 Å². The largest absolute Gasteiger partial charge is 0.483 e. The van der Waals surface area contributed by atoms with Gasteiger partial charge in [0.15, 0.2) is 11.4 Å². The van der Waals surface area contributed by atoms with Crippen molar-refractivity contribution < 1.29 is 14.3 Å². The van der Waals surface area contributed by atoms with Gasteiger partial charge >= 0.3 is 0 Å². The zero-order valence-corrected chi connectivity index (χ0v) is 15.4. The number of rotatable bonds is 5. The molecule has 7 heteroatoms. The molecular weight excluding hydrogens is 351 g/mol. The Hall–Kier alpha value is -1.46. The average molecular weight is 373 g/mol. The first-order valence-electron chi connectivity index (χ1n) is 7.93. The lowest BCUT2D eigenvalue weighted by Gasteiger charge is -2.32. The second-order valence-corrected chi connectivity index (χ2v) is 7.05. The number of hydrogen-bond acceptors (Lipinski definition) is 3. The SMILES string of the molecule is Cc1cccc(OCC(=O)N2CCC(NC(=O)C(Cl)Cl)CC2)c1C. The third kappa shape index (κ3) is 5.02. The molecule has 1 N–H and O–H groups in total. The van der Waals surface area contributed by atoms with Crippen LogP contribution in [0.25, 0.3) is 0 Å². The Morgan fingerprint density at radius 1 is 1.29 bits per heavy atom. The summed E-state index contributed by atoms with van der Waals surface area (Å²) in [5.74, 6) is 0.301. The highest BCUT2D eigenvalue weighted by Gasteiger charge is 2.25. The summed E-state index contributed by atoms with van der Waals surface area (Å²) < 4.78 is 5.66. The average Bonchev–Trinajstić information content (AvgIpc) is 2.56. The number of alkyl halides is 2. The van der Waals surface area contributed by atoms with E-state index in [9.17, 15) is 9.59 Å². The molecule has 1 fully saturated rings. The van der Waals surface area contributed by atoms with Crippen molar-refractivity contribution in [3.05, 3.63) is 29.3 Å². The van der Waals surface area contributed by atoms with Crippen LogP contribution in [0.1, 0.15) is 24.0 Å². The number of nitrogens with zero attached hydrogens (tertiary/aromatic N) is 1. The van der Waals surface area contributed by atoms with E-state index in [0.717, 1.165) is 16.9 Å². The van der Waals surface area contributed by atoms with Crippen LogP contribution in [0, 0.1) is 13.8 Å². The molecule has 0 bridgehead atoms. The summed E-state index contributed by atoms with van der Waals surface area (Å²) in [7, 11) is 0. The minimum absolute atomic E-state index is 0.00138. The van der Waals surface area contributed by atoms with E-state index >= 15 is 0 Å². The molecule has 1 aliphatic rings. The molecule has 0 unspecified atom stereocenters. The van der Waals surface area contributed by atoms with E-state index in [1.807, 2.05) is 32.0 Å². The molecule has 2 amide bonds. The van der Waals surface area contributed by atoms with Gasteiger partial charge in [0.25, 0.3) is 11.8 Å². The summed E-state index contributed by atoms with van der Waals surface area (Å²) in [4.78, 5) is 24.4. The number of piperidine rings is 1. The molecule has 0 radical (unpaired) electrons. The molecular formula is C17H22Cl2N2O3. The number of halogens is 2. The van der Waals surface area contributed by atoms with Gasteiger partial charge in [0.05, 0.1) is 0 Å². The molecule has 1 aromatic carbocycles. The monoisotopic (exact) mass is 372 g/mol. The van der Waals surface area contributed by atoms with Crippen molar-refractivity contribution in [2.75, 3.05) is 19.7 Å². The van der Waals surface area contributed by atoms with E-state index < -0.39 is 4.84 Å². The first-order chi connectivity index (χ1) is 11.4. The van der Waals surface area contributed by atoms with Crippen molar-refractivity contribution >= 4 is 35.0 Å². The Morgan fingerprint density at radius 3 is 2.58 bits per heavy atom. The zero-order valence-electron chi connectivity index (χ0n) is 13.9. The molecule has 0 saturated carbocycles. The number of hydrogen-bond donors (Lipinski definition) is 1. The smallest absolute Gasteiger partial charge is 0.260 e. The standard InChI is InChI=1S/C17H22Cl2N2O3/c1-11-4-3-5-14(12(11)2)24-10-15(22)21-8-6-13(7-9-21)20-17(23)16(18)19/h3-5,13,16H,6-10H2,1-2H3,(H,20,23). The van der Waals surface area contributed by atoms with Gasteiger partial charge < -0.3 is 15.0 Å². The van der Waals surface area contributed by atoms with Gasteiger partial charge in [-0.1, -0.05) is 35.3 Å². The molecule has 0 aliphatic carbocycles. The molecule has 5 nitrogen and oxygen atoms in total. The Balaban J connectivity index is 1.79. The Labute approximate surface area is 152 Å². The van der Waals surface area contributed by atoms with Gasteiger partial charge in [-0.3, -0.25) is 9.59 Å².